The number of hydrogen-bond acceptors (Lipinski definition) is 3. The molecule has 0 bridgehead atoms. The van der Waals surface area contributed by atoms with Crippen molar-refractivity contribution in [2.75, 3.05) is 0 Å². The number of halogens is 1. The predicted molar refractivity (Wildman–Crippen MR) is 129 cm³/mol. The third-order valence-electron chi connectivity index (χ3n) is 5.67. The van der Waals surface area contributed by atoms with E-state index >= 15 is 0 Å². The second-order valence-electron chi connectivity index (χ2n) is 7.91. The number of aliphatic carboxylic acids is 1. The third-order valence-corrected chi connectivity index (χ3v) is 5.92. The van der Waals surface area contributed by atoms with Gasteiger partial charge in [0.2, 0.25) is 0 Å². The molecule has 168 valence electrons. The number of carbonyl (C=O) groups excluding carboxylic acids is 1. The van der Waals surface area contributed by atoms with Gasteiger partial charge in [0, 0.05) is 28.1 Å². The summed E-state index contributed by atoms with van der Waals surface area (Å²) in [5.74, 6) is -0.293. The molecule has 0 fully saturated rings. The number of rotatable bonds is 8. The number of aryl methyl sites for hydroxylation is 1. The molecule has 1 heterocycles. The number of aromatic nitrogens is 1. The van der Waals surface area contributed by atoms with Crippen molar-refractivity contribution >= 4 is 34.4 Å². The van der Waals surface area contributed by atoms with Gasteiger partial charge in [-0.15, -0.1) is 0 Å². The highest BCUT2D eigenvalue weighted by atomic mass is 35.5. The minimum absolute atomic E-state index is 0.0709. The molecule has 0 unspecified atom stereocenters. The van der Waals surface area contributed by atoms with Crippen LogP contribution in [0.15, 0.2) is 72.8 Å². The van der Waals surface area contributed by atoms with Gasteiger partial charge in [-0.2, -0.15) is 0 Å². The fourth-order valence-electron chi connectivity index (χ4n) is 4.01. The molecular formula is C27H24ClNO4. The zero-order chi connectivity index (χ0) is 23.4. The van der Waals surface area contributed by atoms with Crippen molar-refractivity contribution in [3.05, 3.63) is 100 Å². The summed E-state index contributed by atoms with van der Waals surface area (Å²) in [5, 5.41) is 10.5. The molecule has 0 saturated heterocycles. The van der Waals surface area contributed by atoms with Crippen molar-refractivity contribution in [2.24, 2.45) is 0 Å². The van der Waals surface area contributed by atoms with E-state index in [0.717, 1.165) is 27.7 Å². The Bertz CT molecular complexity index is 1290. The summed E-state index contributed by atoms with van der Waals surface area (Å²) in [7, 11) is 0. The summed E-state index contributed by atoms with van der Waals surface area (Å²) in [6.45, 7) is 2.33. The lowest BCUT2D eigenvalue weighted by Gasteiger charge is -2.09. The lowest BCUT2D eigenvalue weighted by molar-refractivity contribution is -0.137. The van der Waals surface area contributed by atoms with Gasteiger partial charge in [0.15, 0.2) is 0 Å². The fourth-order valence-corrected chi connectivity index (χ4v) is 4.13. The van der Waals surface area contributed by atoms with Gasteiger partial charge < -0.3 is 9.84 Å². The highest BCUT2D eigenvalue weighted by Gasteiger charge is 2.20. The van der Waals surface area contributed by atoms with Gasteiger partial charge in [0.25, 0.3) is 5.91 Å². The first kappa shape index (κ1) is 22.6. The molecule has 0 amide bonds. The molecule has 1 N–H and O–H groups in total. The van der Waals surface area contributed by atoms with Crippen LogP contribution in [0.1, 0.15) is 40.0 Å². The van der Waals surface area contributed by atoms with Crippen LogP contribution in [0.4, 0.5) is 0 Å². The number of carbonyl (C=O) groups is 2. The molecule has 5 nitrogen and oxygen atoms in total. The van der Waals surface area contributed by atoms with Crippen molar-refractivity contribution < 1.29 is 19.4 Å². The van der Waals surface area contributed by atoms with Crippen LogP contribution in [0, 0.1) is 6.92 Å². The summed E-state index contributed by atoms with van der Waals surface area (Å²) in [6.07, 6.45) is 1.11. The van der Waals surface area contributed by atoms with Crippen molar-refractivity contribution in [3.8, 4) is 5.75 Å². The van der Waals surface area contributed by atoms with Crippen molar-refractivity contribution in [3.63, 3.8) is 0 Å². The molecule has 0 saturated carbocycles. The molecule has 4 rings (SSSR count). The lowest BCUT2D eigenvalue weighted by Crippen LogP contribution is -2.13. The monoisotopic (exact) mass is 461 g/mol. The molecule has 0 aliphatic heterocycles. The first-order valence-electron chi connectivity index (χ1n) is 10.8. The Hall–Kier alpha value is -3.57. The van der Waals surface area contributed by atoms with E-state index in [-0.39, 0.29) is 12.3 Å². The van der Waals surface area contributed by atoms with Crippen LogP contribution in [-0.4, -0.2) is 21.6 Å². The largest absolute Gasteiger partial charge is 0.489 e. The molecule has 1 aromatic heterocycles. The van der Waals surface area contributed by atoms with E-state index in [4.69, 9.17) is 21.4 Å². The quantitative estimate of drug-likeness (QED) is 0.335. The van der Waals surface area contributed by atoms with Crippen LogP contribution < -0.4 is 4.74 Å². The van der Waals surface area contributed by atoms with Gasteiger partial charge in [-0.3, -0.25) is 14.2 Å². The molecular weight excluding hydrogens is 438 g/mol. The summed E-state index contributed by atoms with van der Waals surface area (Å²) in [4.78, 5) is 24.4. The Morgan fingerprint density at radius 1 is 1.00 bits per heavy atom. The zero-order valence-corrected chi connectivity index (χ0v) is 19.0. The number of benzene rings is 3. The number of hydrogen-bond donors (Lipinski definition) is 1. The number of carboxylic acids is 1. The maximum atomic E-state index is 13.4. The average molecular weight is 462 g/mol. The molecule has 6 heteroatoms. The average Bonchev–Trinajstić information content (AvgIpc) is 3.09. The number of carboxylic acid groups (broad SMARTS) is 1. The van der Waals surface area contributed by atoms with Gasteiger partial charge in [0.05, 0.1) is 5.52 Å². The second kappa shape index (κ2) is 9.92. The molecule has 0 radical (unpaired) electrons. The van der Waals surface area contributed by atoms with Crippen LogP contribution in [0.2, 0.25) is 5.02 Å². The van der Waals surface area contributed by atoms with E-state index in [1.54, 1.807) is 28.8 Å². The highest BCUT2D eigenvalue weighted by molar-refractivity contribution is 6.30. The van der Waals surface area contributed by atoms with E-state index < -0.39 is 5.97 Å². The Kier molecular flexibility index (Phi) is 6.80. The minimum Gasteiger partial charge on any atom is -0.489 e. The van der Waals surface area contributed by atoms with E-state index in [1.165, 1.54) is 0 Å². The topological polar surface area (TPSA) is 68.5 Å². The minimum atomic E-state index is -0.833. The van der Waals surface area contributed by atoms with Crippen LogP contribution in [0.25, 0.3) is 10.9 Å². The van der Waals surface area contributed by atoms with E-state index in [9.17, 15) is 9.59 Å². The molecule has 33 heavy (non-hydrogen) atoms. The summed E-state index contributed by atoms with van der Waals surface area (Å²) < 4.78 is 7.69. The third kappa shape index (κ3) is 5.10. The Morgan fingerprint density at radius 3 is 2.42 bits per heavy atom. The maximum Gasteiger partial charge on any atom is 0.303 e. The normalized spacial score (nSPS) is 11.0. The molecule has 0 aliphatic carbocycles. The Balaban J connectivity index is 1.72. The Morgan fingerprint density at radius 2 is 1.73 bits per heavy atom. The maximum absolute atomic E-state index is 13.4. The smallest absolute Gasteiger partial charge is 0.303 e. The van der Waals surface area contributed by atoms with Crippen molar-refractivity contribution in [1.29, 1.82) is 0 Å². The molecule has 4 aromatic rings. The summed E-state index contributed by atoms with van der Waals surface area (Å²) in [5.41, 5.74) is 4.12. The number of fused-ring (bicyclic) bond motifs is 1. The highest BCUT2D eigenvalue weighted by Crippen LogP contribution is 2.32. The van der Waals surface area contributed by atoms with Crippen molar-refractivity contribution in [1.82, 2.24) is 4.57 Å². The molecule has 0 atom stereocenters. The SMILES string of the molecule is Cc1c(CCCC(=O)O)c2cc(OCc3ccccc3)ccc2n1C(=O)c1ccc(Cl)cc1. The molecule has 0 aliphatic rings. The standard InChI is InChI=1S/C27H24ClNO4/c1-18-23(8-5-9-26(30)31)24-16-22(33-17-19-6-3-2-4-7-19)14-15-25(24)29(18)27(32)20-10-12-21(28)13-11-20/h2-4,6-7,10-16H,5,8-9,17H2,1H3,(H,30,31). The van der Waals surface area contributed by atoms with Crippen LogP contribution >= 0.6 is 11.6 Å². The fraction of sp³-hybridized carbons (Fsp3) is 0.185. The number of nitrogens with zero attached hydrogens (tertiary/aromatic N) is 1. The second-order valence-corrected chi connectivity index (χ2v) is 8.35. The lowest BCUT2D eigenvalue weighted by atomic mass is 10.0. The summed E-state index contributed by atoms with van der Waals surface area (Å²) in [6, 6.07) is 22.4. The van der Waals surface area contributed by atoms with Gasteiger partial charge in [0.1, 0.15) is 12.4 Å². The van der Waals surface area contributed by atoms with E-state index in [2.05, 4.69) is 0 Å². The molecule has 3 aromatic carbocycles. The zero-order valence-electron chi connectivity index (χ0n) is 18.3. The predicted octanol–water partition coefficient (Wildman–Crippen LogP) is 6.28. The summed E-state index contributed by atoms with van der Waals surface area (Å²) >= 11 is 5.99. The van der Waals surface area contributed by atoms with Gasteiger partial charge in [-0.05, 0) is 73.4 Å². The number of ether oxygens (including phenoxy) is 1. The van der Waals surface area contributed by atoms with E-state index in [1.807, 2.05) is 55.5 Å². The van der Waals surface area contributed by atoms with Crippen LogP contribution in [-0.2, 0) is 17.8 Å². The van der Waals surface area contributed by atoms with Crippen molar-refractivity contribution in [2.45, 2.75) is 32.8 Å². The van der Waals surface area contributed by atoms with Gasteiger partial charge in [-0.25, -0.2) is 0 Å². The first-order valence-corrected chi connectivity index (χ1v) is 11.1. The van der Waals surface area contributed by atoms with Crippen LogP contribution in [0.3, 0.4) is 0 Å². The van der Waals surface area contributed by atoms with E-state index in [0.29, 0.717) is 35.8 Å². The van der Waals surface area contributed by atoms with Gasteiger partial charge >= 0.3 is 5.97 Å². The van der Waals surface area contributed by atoms with Crippen LogP contribution in [0.5, 0.6) is 5.75 Å². The Labute approximate surface area is 197 Å². The first-order chi connectivity index (χ1) is 15.9. The van der Waals surface area contributed by atoms with Gasteiger partial charge in [-0.1, -0.05) is 41.9 Å². The molecule has 0 spiro atoms.